The van der Waals surface area contributed by atoms with E-state index in [9.17, 15) is 4.39 Å². The molecule has 0 aliphatic rings. The Morgan fingerprint density at radius 1 is 1.09 bits per heavy atom. The van der Waals surface area contributed by atoms with Crippen LogP contribution in [-0.4, -0.2) is 25.3 Å². The fourth-order valence-corrected chi connectivity index (χ4v) is 3.11. The van der Waals surface area contributed by atoms with E-state index in [1.807, 2.05) is 23.6 Å². The maximum Gasteiger partial charge on any atom is 0.200 e. The van der Waals surface area contributed by atoms with Crippen LogP contribution in [0.25, 0.3) is 5.65 Å². The van der Waals surface area contributed by atoms with E-state index in [0.29, 0.717) is 11.5 Å². The number of anilines is 1. The Morgan fingerprint density at radius 3 is 2.74 bits per heavy atom. The van der Waals surface area contributed by atoms with E-state index in [1.54, 1.807) is 29.5 Å². The van der Waals surface area contributed by atoms with E-state index in [0.717, 1.165) is 10.4 Å². The van der Waals surface area contributed by atoms with Gasteiger partial charge in [-0.25, -0.2) is 4.39 Å². The fourth-order valence-electron chi connectivity index (χ4n) is 2.30. The highest BCUT2D eigenvalue weighted by atomic mass is 32.1. The normalized spacial score (nSPS) is 12.4. The van der Waals surface area contributed by atoms with E-state index >= 15 is 0 Å². The number of tetrazole rings is 1. The first-order chi connectivity index (χ1) is 11.3. The van der Waals surface area contributed by atoms with Crippen LogP contribution in [-0.2, 0) is 0 Å². The minimum Gasteiger partial charge on any atom is -0.357 e. The zero-order chi connectivity index (χ0) is 15.6. The lowest BCUT2D eigenvalue weighted by molar-refractivity contribution is 0.626. The van der Waals surface area contributed by atoms with Gasteiger partial charge in [0.2, 0.25) is 0 Å². The first-order valence-corrected chi connectivity index (χ1v) is 7.78. The molecule has 8 heteroatoms. The van der Waals surface area contributed by atoms with Gasteiger partial charge in [-0.2, -0.15) is 0 Å². The Bertz CT molecular complexity index is 919. The van der Waals surface area contributed by atoms with Crippen molar-refractivity contribution in [1.29, 1.82) is 0 Å². The lowest BCUT2D eigenvalue weighted by Crippen LogP contribution is -2.13. The third-order valence-electron chi connectivity index (χ3n) is 3.39. The lowest BCUT2D eigenvalue weighted by Gasteiger charge is -2.18. The SMILES string of the molecule is Fc1ccc([C@@H](Nc2ccc3nnnn3n2)c2cccs2)cc1. The Balaban J connectivity index is 1.71. The maximum atomic E-state index is 13.2. The number of rotatable bonds is 4. The number of aromatic nitrogens is 5. The number of benzene rings is 1. The van der Waals surface area contributed by atoms with Crippen molar-refractivity contribution in [3.63, 3.8) is 0 Å². The van der Waals surface area contributed by atoms with Gasteiger partial charge < -0.3 is 5.32 Å². The topological polar surface area (TPSA) is 68.0 Å². The standard InChI is InChI=1S/C15H11FN6S/c16-11-5-3-10(4-6-11)15(12-2-1-9-23-12)17-13-7-8-14-18-20-21-22(14)19-13/h1-9,15H,(H,17,19)/t15-/m1/s1. The van der Waals surface area contributed by atoms with Crippen LogP contribution < -0.4 is 5.32 Å². The molecule has 6 nitrogen and oxygen atoms in total. The van der Waals surface area contributed by atoms with Crippen LogP contribution in [0.2, 0.25) is 0 Å². The molecule has 3 aromatic heterocycles. The Labute approximate surface area is 134 Å². The summed E-state index contributed by atoms with van der Waals surface area (Å²) in [6.45, 7) is 0. The molecule has 4 aromatic rings. The van der Waals surface area contributed by atoms with E-state index in [-0.39, 0.29) is 11.9 Å². The van der Waals surface area contributed by atoms with E-state index in [2.05, 4.69) is 25.9 Å². The van der Waals surface area contributed by atoms with Crippen molar-refractivity contribution >= 4 is 22.8 Å². The number of halogens is 1. The molecule has 1 N–H and O–H groups in total. The van der Waals surface area contributed by atoms with E-state index < -0.39 is 0 Å². The number of nitrogens with one attached hydrogen (secondary N) is 1. The van der Waals surface area contributed by atoms with Crippen molar-refractivity contribution < 1.29 is 4.39 Å². The lowest BCUT2D eigenvalue weighted by atomic mass is 10.1. The highest BCUT2D eigenvalue weighted by Gasteiger charge is 2.16. The molecule has 0 aliphatic heterocycles. The van der Waals surface area contributed by atoms with Gasteiger partial charge in [-0.05, 0) is 51.7 Å². The molecule has 0 unspecified atom stereocenters. The third kappa shape index (κ3) is 2.76. The van der Waals surface area contributed by atoms with Crippen LogP contribution in [0.15, 0.2) is 53.9 Å². The highest BCUT2D eigenvalue weighted by Crippen LogP contribution is 2.29. The Hall–Kier alpha value is -2.87. The van der Waals surface area contributed by atoms with Crippen molar-refractivity contribution in [2.75, 3.05) is 5.32 Å². The van der Waals surface area contributed by atoms with Crippen LogP contribution >= 0.6 is 11.3 Å². The van der Waals surface area contributed by atoms with Gasteiger partial charge in [0, 0.05) is 4.88 Å². The molecule has 23 heavy (non-hydrogen) atoms. The van der Waals surface area contributed by atoms with Gasteiger partial charge in [0.05, 0.1) is 6.04 Å². The quantitative estimate of drug-likeness (QED) is 0.624. The minimum absolute atomic E-state index is 0.128. The average molecular weight is 326 g/mol. The van der Waals surface area contributed by atoms with Gasteiger partial charge in [-0.15, -0.1) is 26.2 Å². The first-order valence-electron chi connectivity index (χ1n) is 6.90. The van der Waals surface area contributed by atoms with Crippen LogP contribution in [0.1, 0.15) is 16.5 Å². The second-order valence-corrected chi connectivity index (χ2v) is 5.87. The molecular formula is C15H11FN6S. The summed E-state index contributed by atoms with van der Waals surface area (Å²) >= 11 is 1.62. The van der Waals surface area contributed by atoms with Gasteiger partial charge in [0.15, 0.2) is 5.65 Å². The molecule has 0 saturated carbocycles. The van der Waals surface area contributed by atoms with Crippen molar-refractivity contribution in [3.05, 3.63) is 70.2 Å². The molecule has 0 amide bonds. The fraction of sp³-hybridized carbons (Fsp3) is 0.0667. The van der Waals surface area contributed by atoms with Crippen molar-refractivity contribution in [2.24, 2.45) is 0 Å². The third-order valence-corrected chi connectivity index (χ3v) is 4.33. The molecule has 4 rings (SSSR count). The second kappa shape index (κ2) is 5.73. The summed E-state index contributed by atoms with van der Waals surface area (Å²) in [5.74, 6) is 0.374. The summed E-state index contributed by atoms with van der Waals surface area (Å²) in [6, 6.07) is 13.9. The maximum absolute atomic E-state index is 13.2. The van der Waals surface area contributed by atoms with Gasteiger partial charge in [-0.3, -0.25) is 0 Å². The zero-order valence-corrected chi connectivity index (χ0v) is 12.6. The summed E-state index contributed by atoms with van der Waals surface area (Å²) in [6.07, 6.45) is 0. The molecule has 0 radical (unpaired) electrons. The molecular weight excluding hydrogens is 315 g/mol. The first kappa shape index (κ1) is 13.8. The Kier molecular flexibility index (Phi) is 3.43. The molecule has 114 valence electrons. The largest absolute Gasteiger partial charge is 0.357 e. The monoisotopic (exact) mass is 326 g/mol. The number of hydrogen-bond acceptors (Lipinski definition) is 6. The second-order valence-electron chi connectivity index (χ2n) is 4.89. The summed E-state index contributed by atoms with van der Waals surface area (Å²) < 4.78 is 14.6. The van der Waals surface area contributed by atoms with Crippen molar-refractivity contribution in [2.45, 2.75) is 6.04 Å². The molecule has 1 aromatic carbocycles. The number of nitrogens with zero attached hydrogens (tertiary/aromatic N) is 5. The highest BCUT2D eigenvalue weighted by molar-refractivity contribution is 7.10. The van der Waals surface area contributed by atoms with Crippen LogP contribution in [0.3, 0.4) is 0 Å². The zero-order valence-electron chi connectivity index (χ0n) is 11.8. The predicted octanol–water partition coefficient (Wildman–Crippen LogP) is 2.92. The van der Waals surface area contributed by atoms with Gasteiger partial charge in [-0.1, -0.05) is 18.2 Å². The predicted molar refractivity (Wildman–Crippen MR) is 84.8 cm³/mol. The van der Waals surface area contributed by atoms with Crippen molar-refractivity contribution in [1.82, 2.24) is 25.3 Å². The number of hydrogen-bond donors (Lipinski definition) is 1. The van der Waals surface area contributed by atoms with Crippen LogP contribution in [0.5, 0.6) is 0 Å². The molecule has 0 spiro atoms. The number of fused-ring (bicyclic) bond motifs is 1. The molecule has 1 atom stereocenters. The molecule has 0 saturated heterocycles. The smallest absolute Gasteiger partial charge is 0.200 e. The molecule has 0 fully saturated rings. The van der Waals surface area contributed by atoms with Gasteiger partial charge in [0.25, 0.3) is 0 Å². The summed E-state index contributed by atoms with van der Waals surface area (Å²) in [4.78, 5) is 1.11. The summed E-state index contributed by atoms with van der Waals surface area (Å²) in [5.41, 5.74) is 1.53. The average Bonchev–Trinajstić information content (AvgIpc) is 3.24. The van der Waals surface area contributed by atoms with Crippen LogP contribution in [0, 0.1) is 5.82 Å². The minimum atomic E-state index is -0.257. The van der Waals surface area contributed by atoms with Gasteiger partial charge in [0.1, 0.15) is 11.6 Å². The van der Waals surface area contributed by atoms with Crippen molar-refractivity contribution in [3.8, 4) is 0 Å². The van der Waals surface area contributed by atoms with Crippen LogP contribution in [0.4, 0.5) is 10.2 Å². The Morgan fingerprint density at radius 2 is 1.96 bits per heavy atom. The molecule has 3 heterocycles. The molecule has 0 aliphatic carbocycles. The van der Waals surface area contributed by atoms with Gasteiger partial charge >= 0.3 is 0 Å². The van der Waals surface area contributed by atoms with E-state index in [4.69, 9.17) is 0 Å². The number of thiophene rings is 1. The summed E-state index contributed by atoms with van der Waals surface area (Å²) in [7, 11) is 0. The van der Waals surface area contributed by atoms with E-state index in [1.165, 1.54) is 16.8 Å². The summed E-state index contributed by atoms with van der Waals surface area (Å²) in [5, 5.41) is 20.9. The molecule has 0 bridgehead atoms.